The third kappa shape index (κ3) is 4.83. The second-order valence-electron chi connectivity index (χ2n) is 8.20. The number of carbonyl (C=O) groups is 2. The van der Waals surface area contributed by atoms with E-state index in [1.807, 2.05) is 30.3 Å². The summed E-state index contributed by atoms with van der Waals surface area (Å²) in [5.41, 5.74) is 1.71. The highest BCUT2D eigenvalue weighted by molar-refractivity contribution is 6.30. The molecule has 0 radical (unpaired) electrons. The third-order valence-corrected chi connectivity index (χ3v) is 6.11. The molecule has 1 aliphatic rings. The lowest BCUT2D eigenvalue weighted by molar-refractivity contribution is -0.132. The molecule has 168 valence electrons. The van der Waals surface area contributed by atoms with Crippen molar-refractivity contribution in [2.24, 2.45) is 5.92 Å². The standard InChI is InChI=1S/C23H24ClN3O5/c24-20-10-13-7-16(26-17(13)11-25-20)23(32)27-15(6-12-4-2-1-3-5-12)22(31)21(30)14-8-18(28)19(29)9-14/h1-5,7,10-11,14-15,18-19,22,26,28-29,31H,6,8-9H2,(H,27,32)/t14?,15-,18-,19+,22+/m0/s1. The average Bonchev–Trinajstić information content (AvgIpc) is 3.35. The number of aromatic nitrogens is 2. The summed E-state index contributed by atoms with van der Waals surface area (Å²) < 4.78 is 0. The van der Waals surface area contributed by atoms with E-state index in [1.165, 1.54) is 6.20 Å². The maximum atomic E-state index is 13.0. The number of pyridine rings is 1. The smallest absolute Gasteiger partial charge is 0.268 e. The SMILES string of the molecule is O=C(N[C@@H](Cc1ccccc1)[C@@H](O)C(=O)C1C[C@@H](O)[C@@H](O)C1)c1cc2cc(Cl)ncc2[nH]1. The summed E-state index contributed by atoms with van der Waals surface area (Å²) in [4.78, 5) is 32.8. The Morgan fingerprint density at radius 3 is 2.53 bits per heavy atom. The molecular weight excluding hydrogens is 434 g/mol. The fourth-order valence-electron chi connectivity index (χ4n) is 4.15. The first-order valence-corrected chi connectivity index (χ1v) is 10.8. The summed E-state index contributed by atoms with van der Waals surface area (Å²) in [5.74, 6) is -1.67. The number of Topliss-reactive ketones (excluding diaryl/α,β-unsaturated/α-hetero) is 1. The lowest BCUT2D eigenvalue weighted by Gasteiger charge is -2.25. The number of fused-ring (bicyclic) bond motifs is 1. The van der Waals surface area contributed by atoms with Gasteiger partial charge in [-0.25, -0.2) is 4.98 Å². The molecule has 1 amide bonds. The monoisotopic (exact) mass is 457 g/mol. The van der Waals surface area contributed by atoms with Crippen molar-refractivity contribution in [2.45, 2.75) is 43.6 Å². The summed E-state index contributed by atoms with van der Waals surface area (Å²) in [5, 5.41) is 34.2. The number of nitrogens with zero attached hydrogens (tertiary/aromatic N) is 1. The van der Waals surface area contributed by atoms with E-state index in [0.29, 0.717) is 16.1 Å². The Morgan fingerprint density at radius 2 is 1.84 bits per heavy atom. The Hall–Kier alpha value is -2.78. The van der Waals surface area contributed by atoms with Crippen molar-refractivity contribution in [3.63, 3.8) is 0 Å². The first-order chi connectivity index (χ1) is 15.3. The number of hydrogen-bond donors (Lipinski definition) is 5. The van der Waals surface area contributed by atoms with Crippen molar-refractivity contribution in [3.05, 3.63) is 65.1 Å². The molecule has 1 fully saturated rings. The number of hydrogen-bond acceptors (Lipinski definition) is 6. The second-order valence-corrected chi connectivity index (χ2v) is 8.58. The van der Waals surface area contributed by atoms with E-state index in [9.17, 15) is 24.9 Å². The van der Waals surface area contributed by atoms with Gasteiger partial charge in [-0.05, 0) is 37.0 Å². The van der Waals surface area contributed by atoms with Gasteiger partial charge in [0.2, 0.25) is 0 Å². The van der Waals surface area contributed by atoms with E-state index in [-0.39, 0.29) is 25.0 Å². The first-order valence-electron chi connectivity index (χ1n) is 10.4. The van der Waals surface area contributed by atoms with Gasteiger partial charge in [0.05, 0.1) is 30.0 Å². The van der Waals surface area contributed by atoms with Crippen LogP contribution in [0.5, 0.6) is 0 Å². The quantitative estimate of drug-likeness (QED) is 0.342. The van der Waals surface area contributed by atoms with Crippen LogP contribution in [0.2, 0.25) is 5.15 Å². The Bertz CT molecular complexity index is 1110. The topological polar surface area (TPSA) is 136 Å². The Morgan fingerprint density at radius 1 is 1.16 bits per heavy atom. The highest BCUT2D eigenvalue weighted by atomic mass is 35.5. The average molecular weight is 458 g/mol. The maximum Gasteiger partial charge on any atom is 0.268 e. The van der Waals surface area contributed by atoms with Crippen LogP contribution in [0.4, 0.5) is 0 Å². The number of rotatable bonds is 7. The van der Waals surface area contributed by atoms with Gasteiger partial charge in [-0.15, -0.1) is 0 Å². The van der Waals surface area contributed by atoms with Crippen LogP contribution < -0.4 is 5.32 Å². The molecule has 1 aliphatic carbocycles. The van der Waals surface area contributed by atoms with Crippen LogP contribution in [0.25, 0.3) is 10.9 Å². The Balaban J connectivity index is 1.55. The number of carbonyl (C=O) groups excluding carboxylic acids is 2. The van der Waals surface area contributed by atoms with Gasteiger partial charge in [0.15, 0.2) is 5.78 Å². The molecule has 1 aromatic carbocycles. The predicted octanol–water partition coefficient (Wildman–Crippen LogP) is 1.62. The molecule has 0 bridgehead atoms. The Labute approximate surface area is 189 Å². The van der Waals surface area contributed by atoms with E-state index in [0.717, 1.165) is 5.56 Å². The molecule has 0 aliphatic heterocycles. The van der Waals surface area contributed by atoms with Crippen molar-refractivity contribution in [3.8, 4) is 0 Å². The van der Waals surface area contributed by atoms with E-state index in [2.05, 4.69) is 15.3 Å². The fourth-order valence-corrected chi connectivity index (χ4v) is 4.31. The van der Waals surface area contributed by atoms with Gasteiger partial charge in [0.25, 0.3) is 5.91 Å². The zero-order chi connectivity index (χ0) is 22.8. The minimum absolute atomic E-state index is 0.0822. The van der Waals surface area contributed by atoms with Crippen LogP contribution in [-0.4, -0.2) is 61.3 Å². The summed E-state index contributed by atoms with van der Waals surface area (Å²) in [6.07, 6.45) is -1.58. The Kier molecular flexibility index (Phi) is 6.57. The molecule has 1 unspecified atom stereocenters. The molecule has 9 heteroatoms. The lowest BCUT2D eigenvalue weighted by Crippen LogP contribution is -2.49. The molecule has 2 aromatic heterocycles. The largest absolute Gasteiger partial charge is 0.390 e. The van der Waals surface area contributed by atoms with Crippen molar-refractivity contribution in [1.82, 2.24) is 15.3 Å². The van der Waals surface area contributed by atoms with Gasteiger partial charge in [-0.3, -0.25) is 9.59 Å². The van der Waals surface area contributed by atoms with Gasteiger partial charge in [0.1, 0.15) is 17.0 Å². The summed E-state index contributed by atoms with van der Waals surface area (Å²) in [7, 11) is 0. The van der Waals surface area contributed by atoms with Crippen LogP contribution in [0.15, 0.2) is 48.7 Å². The third-order valence-electron chi connectivity index (χ3n) is 5.90. The van der Waals surface area contributed by atoms with Gasteiger partial charge in [0, 0.05) is 11.3 Å². The molecule has 0 saturated heterocycles. The molecule has 5 N–H and O–H groups in total. The second kappa shape index (κ2) is 9.38. The molecule has 32 heavy (non-hydrogen) atoms. The lowest BCUT2D eigenvalue weighted by atomic mass is 9.91. The number of amides is 1. The number of aliphatic hydroxyl groups excluding tert-OH is 3. The molecule has 0 spiro atoms. The normalized spacial score (nSPS) is 22.6. The van der Waals surface area contributed by atoms with Crippen LogP contribution in [0.1, 0.15) is 28.9 Å². The zero-order valence-electron chi connectivity index (χ0n) is 17.1. The van der Waals surface area contributed by atoms with E-state index < -0.39 is 42.0 Å². The van der Waals surface area contributed by atoms with E-state index in [1.54, 1.807) is 12.1 Å². The molecule has 2 heterocycles. The number of aliphatic hydroxyl groups is 3. The highest BCUT2D eigenvalue weighted by Crippen LogP contribution is 2.28. The van der Waals surface area contributed by atoms with Crippen molar-refractivity contribution >= 4 is 34.2 Å². The van der Waals surface area contributed by atoms with Gasteiger partial charge in [-0.1, -0.05) is 41.9 Å². The number of halogens is 1. The minimum atomic E-state index is -1.50. The number of ketones is 1. The van der Waals surface area contributed by atoms with Crippen molar-refractivity contribution in [2.75, 3.05) is 0 Å². The number of H-pyrrole nitrogens is 1. The molecular formula is C23H24ClN3O5. The van der Waals surface area contributed by atoms with Gasteiger partial charge in [-0.2, -0.15) is 0 Å². The van der Waals surface area contributed by atoms with Crippen molar-refractivity contribution in [1.29, 1.82) is 0 Å². The molecule has 4 rings (SSSR count). The number of nitrogens with one attached hydrogen (secondary N) is 2. The summed E-state index contributed by atoms with van der Waals surface area (Å²) >= 11 is 5.91. The molecule has 8 nitrogen and oxygen atoms in total. The maximum absolute atomic E-state index is 13.0. The first kappa shape index (κ1) is 22.4. The highest BCUT2D eigenvalue weighted by Gasteiger charge is 2.40. The van der Waals surface area contributed by atoms with Crippen LogP contribution in [0, 0.1) is 5.92 Å². The van der Waals surface area contributed by atoms with Gasteiger partial charge >= 0.3 is 0 Å². The molecule has 3 aromatic rings. The van der Waals surface area contributed by atoms with E-state index >= 15 is 0 Å². The zero-order valence-corrected chi connectivity index (χ0v) is 17.9. The van der Waals surface area contributed by atoms with Crippen molar-refractivity contribution < 1.29 is 24.9 Å². The number of benzene rings is 1. The van der Waals surface area contributed by atoms with Gasteiger partial charge < -0.3 is 25.6 Å². The van der Waals surface area contributed by atoms with Crippen LogP contribution in [0.3, 0.4) is 0 Å². The summed E-state index contributed by atoms with van der Waals surface area (Å²) in [6, 6.07) is 11.5. The number of aromatic amines is 1. The van der Waals surface area contributed by atoms with Crippen LogP contribution >= 0.6 is 11.6 Å². The summed E-state index contributed by atoms with van der Waals surface area (Å²) in [6.45, 7) is 0. The molecule has 1 saturated carbocycles. The molecule has 5 atom stereocenters. The van der Waals surface area contributed by atoms with Crippen LogP contribution in [-0.2, 0) is 11.2 Å². The predicted molar refractivity (Wildman–Crippen MR) is 118 cm³/mol. The fraction of sp³-hybridized carbons (Fsp3) is 0.348. The van der Waals surface area contributed by atoms with E-state index in [4.69, 9.17) is 11.6 Å². The minimum Gasteiger partial charge on any atom is -0.390 e.